The first-order valence-electron chi connectivity index (χ1n) is 12.9. The van der Waals surface area contributed by atoms with Gasteiger partial charge in [-0.05, 0) is 61.1 Å². The van der Waals surface area contributed by atoms with Crippen molar-refractivity contribution < 1.29 is 53.1 Å². The lowest BCUT2D eigenvalue weighted by Gasteiger charge is -2.43. The SMILES string of the molecule is CN1C(=O)CC[C@H]1C(=O)N1CC[C@@]2(S(=O)(=O)c3ccc(F)cc3)c3ccc(C(F)(C(F)(F)F)C(F)(F)F)cc3CC[C@@H]12. The molecule has 0 bridgehead atoms. The van der Waals surface area contributed by atoms with Crippen molar-refractivity contribution in [2.45, 2.75) is 71.9 Å². The fraction of sp³-hybridized carbons (Fsp3) is 0.481. The largest absolute Gasteiger partial charge is 0.435 e. The summed E-state index contributed by atoms with van der Waals surface area (Å²) in [5.74, 6) is -1.59. The molecule has 42 heavy (non-hydrogen) atoms. The van der Waals surface area contributed by atoms with Crippen LogP contribution in [0.15, 0.2) is 47.4 Å². The maximum Gasteiger partial charge on any atom is 0.435 e. The minimum absolute atomic E-state index is 0.0967. The summed E-state index contributed by atoms with van der Waals surface area (Å²) >= 11 is 0. The third-order valence-corrected chi connectivity index (χ3v) is 11.3. The number of carbonyl (C=O) groups excluding carboxylic acids is 2. The minimum Gasteiger partial charge on any atom is -0.336 e. The average Bonchev–Trinajstić information content (AvgIpc) is 3.47. The molecule has 6 nitrogen and oxygen atoms in total. The van der Waals surface area contributed by atoms with Crippen LogP contribution < -0.4 is 0 Å². The zero-order chi connectivity index (χ0) is 31.0. The Morgan fingerprint density at radius 3 is 2.10 bits per heavy atom. The number of benzene rings is 2. The molecule has 0 spiro atoms. The Morgan fingerprint density at radius 2 is 1.55 bits per heavy atom. The van der Waals surface area contributed by atoms with E-state index in [1.807, 2.05) is 0 Å². The molecule has 228 valence electrons. The molecule has 2 aromatic carbocycles. The Bertz CT molecular complexity index is 1530. The zero-order valence-corrected chi connectivity index (χ0v) is 22.7. The van der Waals surface area contributed by atoms with E-state index < -0.39 is 62.0 Å². The van der Waals surface area contributed by atoms with Crippen LogP contribution in [0.4, 0.5) is 35.1 Å². The van der Waals surface area contributed by atoms with Crippen molar-refractivity contribution in [3.8, 4) is 0 Å². The van der Waals surface area contributed by atoms with Gasteiger partial charge in [0.15, 0.2) is 9.84 Å². The maximum absolute atomic E-state index is 14.9. The number of aryl methyl sites for hydroxylation is 1. The molecule has 0 saturated carbocycles. The van der Waals surface area contributed by atoms with E-state index in [9.17, 15) is 53.1 Å². The van der Waals surface area contributed by atoms with Gasteiger partial charge in [0.25, 0.3) is 0 Å². The van der Waals surface area contributed by atoms with Crippen LogP contribution in [0.1, 0.15) is 42.4 Å². The number of fused-ring (bicyclic) bond motifs is 3. The van der Waals surface area contributed by atoms with E-state index >= 15 is 0 Å². The van der Waals surface area contributed by atoms with E-state index in [1.165, 1.54) is 16.8 Å². The fourth-order valence-corrected chi connectivity index (χ4v) is 8.97. The summed E-state index contributed by atoms with van der Waals surface area (Å²) in [6, 6.07) is 3.14. The van der Waals surface area contributed by atoms with E-state index in [0.29, 0.717) is 6.07 Å². The van der Waals surface area contributed by atoms with Gasteiger partial charge in [0.05, 0.1) is 10.9 Å². The molecule has 2 heterocycles. The van der Waals surface area contributed by atoms with Crippen LogP contribution >= 0.6 is 0 Å². The van der Waals surface area contributed by atoms with Gasteiger partial charge >= 0.3 is 18.0 Å². The first-order valence-corrected chi connectivity index (χ1v) is 14.4. The van der Waals surface area contributed by atoms with Crippen LogP contribution in [-0.2, 0) is 36.3 Å². The molecule has 2 fully saturated rings. The minimum atomic E-state index is -6.37. The number of carbonyl (C=O) groups is 2. The van der Waals surface area contributed by atoms with Crippen molar-refractivity contribution in [3.63, 3.8) is 0 Å². The van der Waals surface area contributed by atoms with E-state index in [0.717, 1.165) is 30.3 Å². The summed E-state index contributed by atoms with van der Waals surface area (Å²) in [5, 5.41) is 0. The van der Waals surface area contributed by atoms with Crippen molar-refractivity contribution in [1.82, 2.24) is 9.80 Å². The number of likely N-dealkylation sites (N-methyl/N-ethyl adjacent to an activating group) is 1. The van der Waals surface area contributed by atoms with Crippen LogP contribution in [0.3, 0.4) is 0 Å². The maximum atomic E-state index is 14.9. The highest BCUT2D eigenvalue weighted by Crippen LogP contribution is 2.56. The molecule has 2 amide bonds. The number of hydrogen-bond acceptors (Lipinski definition) is 4. The van der Waals surface area contributed by atoms with Gasteiger partial charge in [0, 0.05) is 25.6 Å². The van der Waals surface area contributed by atoms with Crippen molar-refractivity contribution in [2.24, 2.45) is 0 Å². The first kappa shape index (κ1) is 30.2. The van der Waals surface area contributed by atoms with E-state index in [-0.39, 0.29) is 66.6 Å². The highest BCUT2D eigenvalue weighted by molar-refractivity contribution is 7.92. The number of hydrogen-bond donors (Lipinski definition) is 0. The molecule has 2 saturated heterocycles. The van der Waals surface area contributed by atoms with Crippen LogP contribution in [0.25, 0.3) is 0 Å². The lowest BCUT2D eigenvalue weighted by Crippen LogP contribution is -2.55. The average molecular weight is 625 g/mol. The predicted molar refractivity (Wildman–Crippen MR) is 131 cm³/mol. The molecule has 0 radical (unpaired) electrons. The van der Waals surface area contributed by atoms with E-state index in [2.05, 4.69) is 0 Å². The van der Waals surface area contributed by atoms with Gasteiger partial charge in [-0.3, -0.25) is 9.59 Å². The lowest BCUT2D eigenvalue weighted by molar-refractivity contribution is -0.348. The zero-order valence-electron chi connectivity index (χ0n) is 21.9. The molecule has 2 aliphatic heterocycles. The predicted octanol–water partition coefficient (Wildman–Crippen LogP) is 4.95. The third kappa shape index (κ3) is 4.13. The topological polar surface area (TPSA) is 74.8 Å². The Kier molecular flexibility index (Phi) is 6.94. The van der Waals surface area contributed by atoms with Crippen molar-refractivity contribution >= 4 is 21.7 Å². The lowest BCUT2D eigenvalue weighted by atomic mass is 9.76. The Hall–Kier alpha value is -3.23. The van der Waals surface area contributed by atoms with Crippen LogP contribution in [0, 0.1) is 5.82 Å². The second-order valence-corrected chi connectivity index (χ2v) is 13.0. The number of nitrogens with zero attached hydrogens (tertiary/aromatic N) is 2. The summed E-state index contributed by atoms with van der Waals surface area (Å²) in [6.07, 6.45) is -13.2. The quantitative estimate of drug-likeness (QED) is 0.357. The molecule has 0 aromatic heterocycles. The molecule has 5 rings (SSSR count). The Labute approximate surface area is 235 Å². The van der Waals surface area contributed by atoms with E-state index in [4.69, 9.17) is 0 Å². The van der Waals surface area contributed by atoms with Gasteiger partial charge in [0.1, 0.15) is 16.6 Å². The normalized spacial score (nSPS) is 25.0. The number of sulfone groups is 1. The standard InChI is InChI=1S/C27H24F8N2O4S/c1-36-20(9-11-22(36)38)23(39)37-13-12-24(42(40,41)18-6-4-17(28)5-7-18)19-8-3-16(14-15(19)2-10-21(24)37)25(29,26(30,31)32)27(33,34)35/h3-8,14,20-21H,2,9-13H2,1H3/t20-,21+,24+/m0/s1. The van der Waals surface area contributed by atoms with Crippen LogP contribution in [0.2, 0.25) is 0 Å². The van der Waals surface area contributed by atoms with Gasteiger partial charge < -0.3 is 9.80 Å². The molecule has 1 aliphatic carbocycles. The number of likely N-dealkylation sites (tertiary alicyclic amines) is 2. The van der Waals surface area contributed by atoms with Crippen LogP contribution in [-0.4, -0.2) is 68.1 Å². The van der Waals surface area contributed by atoms with Crippen LogP contribution in [0.5, 0.6) is 0 Å². The first-order chi connectivity index (χ1) is 19.4. The van der Waals surface area contributed by atoms with Gasteiger partial charge in [-0.15, -0.1) is 0 Å². The molecule has 3 aliphatic rings. The second kappa shape index (κ2) is 9.64. The van der Waals surface area contributed by atoms with Crippen molar-refractivity contribution in [3.05, 3.63) is 65.0 Å². The smallest absolute Gasteiger partial charge is 0.336 e. The summed E-state index contributed by atoms with van der Waals surface area (Å²) < 4.78 is 136. The molecule has 0 N–H and O–H groups in total. The molecule has 15 heteroatoms. The van der Waals surface area contributed by atoms with E-state index in [1.54, 1.807) is 0 Å². The molecule has 2 aromatic rings. The Morgan fingerprint density at radius 1 is 0.929 bits per heavy atom. The summed E-state index contributed by atoms with van der Waals surface area (Å²) in [4.78, 5) is 27.9. The van der Waals surface area contributed by atoms with Gasteiger partial charge in [-0.25, -0.2) is 17.2 Å². The molecular formula is C27H24F8N2O4S. The monoisotopic (exact) mass is 624 g/mol. The number of rotatable bonds is 4. The van der Waals surface area contributed by atoms with Crippen molar-refractivity contribution in [1.29, 1.82) is 0 Å². The highest BCUT2D eigenvalue weighted by Gasteiger charge is 2.74. The number of halogens is 8. The summed E-state index contributed by atoms with van der Waals surface area (Å²) in [5.41, 5.74) is -7.87. The van der Waals surface area contributed by atoms with Gasteiger partial charge in [-0.2, -0.15) is 26.3 Å². The molecule has 0 unspecified atom stereocenters. The summed E-state index contributed by atoms with van der Waals surface area (Å²) in [6.45, 7) is -0.151. The van der Waals surface area contributed by atoms with Gasteiger partial charge in [0.2, 0.25) is 11.8 Å². The van der Waals surface area contributed by atoms with Gasteiger partial charge in [-0.1, -0.05) is 18.2 Å². The fourth-order valence-electron chi connectivity index (χ4n) is 6.60. The number of amides is 2. The van der Waals surface area contributed by atoms with Crippen molar-refractivity contribution in [2.75, 3.05) is 13.6 Å². The number of alkyl halides is 7. The highest BCUT2D eigenvalue weighted by atomic mass is 32.2. The molecule has 3 atom stereocenters. The third-order valence-electron chi connectivity index (χ3n) is 8.73. The Balaban J connectivity index is 1.68. The second-order valence-electron chi connectivity index (χ2n) is 10.8. The molecular weight excluding hydrogens is 600 g/mol. The summed E-state index contributed by atoms with van der Waals surface area (Å²) in [7, 11) is -3.16.